The van der Waals surface area contributed by atoms with Crippen LogP contribution in [0.5, 0.6) is 0 Å². The molecule has 29 heavy (non-hydrogen) atoms. The Labute approximate surface area is 179 Å². The predicted molar refractivity (Wildman–Crippen MR) is 121 cm³/mol. The largest absolute Gasteiger partial charge is 0.332 e. The molecule has 0 unspecified atom stereocenters. The molecule has 0 aliphatic carbocycles. The smallest absolute Gasteiger partial charge is 0.257 e. The van der Waals surface area contributed by atoms with E-state index in [4.69, 9.17) is 23.8 Å². The van der Waals surface area contributed by atoms with E-state index >= 15 is 0 Å². The summed E-state index contributed by atoms with van der Waals surface area (Å²) in [5, 5.41) is 9.12. The fraction of sp³-hybridized carbons (Fsp3) is 0.0455. The number of aryl methyl sites for hydroxylation is 1. The zero-order valence-electron chi connectivity index (χ0n) is 15.5. The molecule has 0 fully saturated rings. The third-order valence-electron chi connectivity index (χ3n) is 4.12. The number of amides is 2. The molecule has 0 aliphatic heterocycles. The first-order valence-corrected chi connectivity index (χ1v) is 9.56. The molecule has 146 valence electrons. The van der Waals surface area contributed by atoms with Crippen LogP contribution in [0, 0.1) is 6.92 Å². The summed E-state index contributed by atoms with van der Waals surface area (Å²) in [5.41, 5.74) is 3.32. The second-order valence-corrected chi connectivity index (χ2v) is 7.11. The van der Waals surface area contributed by atoms with Crippen molar-refractivity contribution in [3.63, 3.8) is 0 Å². The molecule has 3 aromatic carbocycles. The molecular formula is C22H18ClN3O2S. The van der Waals surface area contributed by atoms with Gasteiger partial charge in [-0.3, -0.25) is 14.9 Å². The molecule has 0 bridgehead atoms. The van der Waals surface area contributed by atoms with Gasteiger partial charge in [0.2, 0.25) is 0 Å². The molecule has 7 heteroatoms. The lowest BCUT2D eigenvalue weighted by molar-refractivity contribution is 0.0976. The molecule has 3 rings (SSSR count). The Hall–Kier alpha value is -3.22. The molecule has 0 atom stereocenters. The first kappa shape index (κ1) is 20.5. The summed E-state index contributed by atoms with van der Waals surface area (Å²) >= 11 is 11.0. The van der Waals surface area contributed by atoms with Crippen molar-refractivity contribution in [2.75, 3.05) is 10.6 Å². The topological polar surface area (TPSA) is 70.2 Å². The van der Waals surface area contributed by atoms with E-state index < -0.39 is 0 Å². The van der Waals surface area contributed by atoms with E-state index in [2.05, 4.69) is 16.0 Å². The lowest BCUT2D eigenvalue weighted by Gasteiger charge is -2.11. The van der Waals surface area contributed by atoms with Gasteiger partial charge in [0, 0.05) is 27.5 Å². The van der Waals surface area contributed by atoms with Gasteiger partial charge >= 0.3 is 0 Å². The fourth-order valence-corrected chi connectivity index (χ4v) is 2.94. The van der Waals surface area contributed by atoms with Crippen LogP contribution in [0.3, 0.4) is 0 Å². The number of nitrogens with one attached hydrogen (secondary N) is 3. The van der Waals surface area contributed by atoms with Crippen LogP contribution < -0.4 is 16.0 Å². The number of benzene rings is 3. The summed E-state index contributed by atoms with van der Waals surface area (Å²) < 4.78 is 0. The number of hydrogen-bond acceptors (Lipinski definition) is 3. The summed E-state index contributed by atoms with van der Waals surface area (Å²) in [6.07, 6.45) is 0. The molecule has 0 saturated heterocycles. The zero-order chi connectivity index (χ0) is 20.8. The Kier molecular flexibility index (Phi) is 6.59. The van der Waals surface area contributed by atoms with Gasteiger partial charge in [-0.25, -0.2) is 0 Å². The number of anilines is 2. The maximum Gasteiger partial charge on any atom is 0.257 e. The summed E-state index contributed by atoms with van der Waals surface area (Å²) in [7, 11) is 0. The van der Waals surface area contributed by atoms with E-state index in [9.17, 15) is 9.59 Å². The maximum absolute atomic E-state index is 12.4. The highest BCUT2D eigenvalue weighted by Gasteiger charge is 2.10. The Balaban J connectivity index is 1.56. The van der Waals surface area contributed by atoms with E-state index in [1.807, 2.05) is 25.1 Å². The molecule has 0 radical (unpaired) electrons. The summed E-state index contributed by atoms with van der Waals surface area (Å²) in [6.45, 7) is 1.89. The van der Waals surface area contributed by atoms with Crippen molar-refractivity contribution in [3.05, 3.63) is 94.5 Å². The molecule has 0 aromatic heterocycles. The lowest BCUT2D eigenvalue weighted by Crippen LogP contribution is -2.34. The van der Waals surface area contributed by atoms with Gasteiger partial charge in [0.15, 0.2) is 5.11 Å². The molecule has 3 aromatic rings. The summed E-state index contributed by atoms with van der Waals surface area (Å²) in [5.74, 6) is -0.504. The van der Waals surface area contributed by atoms with E-state index in [-0.39, 0.29) is 16.9 Å². The van der Waals surface area contributed by atoms with Crippen molar-refractivity contribution in [3.8, 4) is 0 Å². The van der Waals surface area contributed by atoms with Crippen molar-refractivity contribution in [2.24, 2.45) is 0 Å². The van der Waals surface area contributed by atoms with Crippen LogP contribution in [0.2, 0.25) is 5.02 Å². The summed E-state index contributed by atoms with van der Waals surface area (Å²) in [4.78, 5) is 24.5. The van der Waals surface area contributed by atoms with Gasteiger partial charge < -0.3 is 10.6 Å². The first-order chi connectivity index (χ1) is 13.9. The number of hydrogen-bond donors (Lipinski definition) is 3. The van der Waals surface area contributed by atoms with Gasteiger partial charge in [-0.15, -0.1) is 0 Å². The average molecular weight is 424 g/mol. The van der Waals surface area contributed by atoms with Crippen molar-refractivity contribution < 1.29 is 9.59 Å². The molecule has 3 N–H and O–H groups in total. The fourth-order valence-electron chi connectivity index (χ4n) is 2.60. The van der Waals surface area contributed by atoms with Gasteiger partial charge in [0.05, 0.1) is 0 Å². The maximum atomic E-state index is 12.4. The van der Waals surface area contributed by atoms with Crippen LogP contribution in [-0.4, -0.2) is 16.9 Å². The van der Waals surface area contributed by atoms with Gasteiger partial charge in [-0.1, -0.05) is 29.8 Å². The third-order valence-corrected chi connectivity index (χ3v) is 4.58. The van der Waals surface area contributed by atoms with Crippen LogP contribution >= 0.6 is 23.8 Å². The molecule has 0 saturated carbocycles. The number of carbonyl (C=O) groups excluding carboxylic acids is 2. The van der Waals surface area contributed by atoms with Crippen molar-refractivity contribution in [1.82, 2.24) is 5.32 Å². The van der Waals surface area contributed by atoms with E-state index in [0.29, 0.717) is 27.5 Å². The van der Waals surface area contributed by atoms with Crippen molar-refractivity contribution >= 4 is 52.1 Å². The minimum atomic E-state index is -0.332. The SMILES string of the molecule is Cc1ccccc1C(=O)Nc1ccc(NC(=S)NC(=O)c2ccc(Cl)cc2)cc1. The van der Waals surface area contributed by atoms with Crippen LogP contribution in [0.4, 0.5) is 11.4 Å². The Morgan fingerprint density at radius 1 is 0.793 bits per heavy atom. The first-order valence-electron chi connectivity index (χ1n) is 8.77. The van der Waals surface area contributed by atoms with E-state index in [1.54, 1.807) is 54.6 Å². The number of halogens is 1. The van der Waals surface area contributed by atoms with Crippen molar-refractivity contribution in [2.45, 2.75) is 6.92 Å². The van der Waals surface area contributed by atoms with E-state index in [1.165, 1.54) is 0 Å². The highest BCUT2D eigenvalue weighted by Crippen LogP contribution is 2.16. The lowest BCUT2D eigenvalue weighted by atomic mass is 10.1. The minimum Gasteiger partial charge on any atom is -0.332 e. The molecular weight excluding hydrogens is 406 g/mol. The quantitative estimate of drug-likeness (QED) is 0.515. The van der Waals surface area contributed by atoms with Gasteiger partial charge in [-0.2, -0.15) is 0 Å². The third kappa shape index (κ3) is 5.63. The monoisotopic (exact) mass is 423 g/mol. The van der Waals surface area contributed by atoms with Gasteiger partial charge in [0.25, 0.3) is 11.8 Å². The predicted octanol–water partition coefficient (Wildman–Crippen LogP) is 5.03. The van der Waals surface area contributed by atoms with E-state index in [0.717, 1.165) is 5.56 Å². The van der Waals surface area contributed by atoms with Crippen LogP contribution in [0.15, 0.2) is 72.8 Å². The minimum absolute atomic E-state index is 0.168. The van der Waals surface area contributed by atoms with Crippen LogP contribution in [-0.2, 0) is 0 Å². The average Bonchev–Trinajstić information content (AvgIpc) is 2.70. The van der Waals surface area contributed by atoms with Crippen molar-refractivity contribution in [1.29, 1.82) is 0 Å². The highest BCUT2D eigenvalue weighted by atomic mass is 35.5. The molecule has 0 heterocycles. The van der Waals surface area contributed by atoms with Crippen LogP contribution in [0.1, 0.15) is 26.3 Å². The highest BCUT2D eigenvalue weighted by molar-refractivity contribution is 7.80. The number of rotatable bonds is 4. The molecule has 0 spiro atoms. The molecule has 2 amide bonds. The van der Waals surface area contributed by atoms with Gasteiger partial charge in [-0.05, 0) is 79.3 Å². The summed E-state index contributed by atoms with van der Waals surface area (Å²) in [6, 6.07) is 20.9. The molecule has 0 aliphatic rings. The Bertz CT molecular complexity index is 1050. The second kappa shape index (κ2) is 9.32. The normalized spacial score (nSPS) is 10.1. The van der Waals surface area contributed by atoms with Gasteiger partial charge in [0.1, 0.15) is 0 Å². The number of thiocarbonyl (C=S) groups is 1. The Morgan fingerprint density at radius 2 is 1.38 bits per heavy atom. The molecule has 5 nitrogen and oxygen atoms in total. The second-order valence-electron chi connectivity index (χ2n) is 6.26. The Morgan fingerprint density at radius 3 is 2.00 bits per heavy atom. The van der Waals surface area contributed by atoms with Crippen LogP contribution in [0.25, 0.3) is 0 Å². The zero-order valence-corrected chi connectivity index (χ0v) is 17.1. The standard InChI is InChI=1S/C22H18ClN3O2S/c1-14-4-2-3-5-19(14)21(28)24-17-10-12-18(13-11-17)25-22(29)26-20(27)15-6-8-16(23)9-7-15/h2-13H,1H3,(H,24,28)(H2,25,26,27,29). The number of carbonyl (C=O) groups is 2.